The average Bonchev–Trinajstić information content (AvgIpc) is 2.53. The van der Waals surface area contributed by atoms with E-state index in [1.54, 1.807) is 18.2 Å². The number of aliphatic carboxylic acids is 1. The van der Waals surface area contributed by atoms with Crippen LogP contribution in [0.25, 0.3) is 0 Å². The monoisotopic (exact) mass is 323 g/mol. The second kappa shape index (κ2) is 9.71. The second-order valence-corrected chi connectivity index (χ2v) is 5.03. The van der Waals surface area contributed by atoms with Gasteiger partial charge in [-0.3, -0.25) is 4.79 Å². The van der Waals surface area contributed by atoms with Gasteiger partial charge in [0.25, 0.3) is 5.91 Å². The van der Waals surface area contributed by atoms with Gasteiger partial charge in [0, 0.05) is 5.56 Å². The third kappa shape index (κ3) is 5.81. The van der Waals surface area contributed by atoms with Gasteiger partial charge in [0.05, 0.1) is 13.2 Å². The molecule has 1 aromatic rings. The molecule has 1 unspecified atom stereocenters. The van der Waals surface area contributed by atoms with Crippen LogP contribution in [0.1, 0.15) is 50.4 Å². The highest BCUT2D eigenvalue weighted by Crippen LogP contribution is 2.28. The van der Waals surface area contributed by atoms with Crippen LogP contribution in [0.3, 0.4) is 0 Å². The fourth-order valence-electron chi connectivity index (χ4n) is 2.10. The van der Waals surface area contributed by atoms with E-state index in [-0.39, 0.29) is 0 Å². The molecule has 0 heterocycles. The number of rotatable bonds is 10. The molecule has 128 valence electrons. The largest absolute Gasteiger partial charge is 0.490 e. The third-order valence-electron chi connectivity index (χ3n) is 3.26. The zero-order chi connectivity index (χ0) is 17.2. The topological polar surface area (TPSA) is 84.9 Å². The number of nitrogens with one attached hydrogen (secondary N) is 1. The van der Waals surface area contributed by atoms with Gasteiger partial charge >= 0.3 is 5.97 Å². The highest BCUT2D eigenvalue weighted by atomic mass is 16.5. The Morgan fingerprint density at radius 3 is 2.35 bits per heavy atom. The number of hydrogen-bond acceptors (Lipinski definition) is 4. The summed E-state index contributed by atoms with van der Waals surface area (Å²) in [6, 6.07) is 3.94. The van der Waals surface area contributed by atoms with E-state index >= 15 is 0 Å². The molecule has 1 rings (SSSR count). The van der Waals surface area contributed by atoms with Gasteiger partial charge in [-0.15, -0.1) is 0 Å². The van der Waals surface area contributed by atoms with E-state index < -0.39 is 17.9 Å². The van der Waals surface area contributed by atoms with Gasteiger partial charge in [0.2, 0.25) is 0 Å². The van der Waals surface area contributed by atoms with Crippen molar-refractivity contribution < 1.29 is 24.2 Å². The smallest absolute Gasteiger partial charge is 0.326 e. The Balaban J connectivity index is 2.89. The zero-order valence-corrected chi connectivity index (χ0v) is 13.9. The summed E-state index contributed by atoms with van der Waals surface area (Å²) in [4.78, 5) is 23.5. The summed E-state index contributed by atoms with van der Waals surface area (Å²) in [6.07, 6.45) is 2.02. The lowest BCUT2D eigenvalue weighted by molar-refractivity contribution is -0.139. The minimum absolute atomic E-state index is 0.347. The van der Waals surface area contributed by atoms with Crippen LogP contribution in [0.2, 0.25) is 0 Å². The minimum Gasteiger partial charge on any atom is -0.490 e. The molecule has 0 bridgehead atoms. The van der Waals surface area contributed by atoms with Crippen molar-refractivity contribution in [3.63, 3.8) is 0 Å². The Kier molecular flexibility index (Phi) is 7.94. The molecule has 6 nitrogen and oxygen atoms in total. The molecular weight excluding hydrogens is 298 g/mol. The molecule has 0 radical (unpaired) electrons. The van der Waals surface area contributed by atoms with Crippen LogP contribution in [0, 0.1) is 0 Å². The summed E-state index contributed by atoms with van der Waals surface area (Å²) in [5, 5.41) is 11.7. The van der Waals surface area contributed by atoms with Gasteiger partial charge in [-0.1, -0.05) is 19.8 Å². The van der Waals surface area contributed by atoms with Crippen molar-refractivity contribution in [2.24, 2.45) is 0 Å². The number of carbonyl (C=O) groups is 2. The molecule has 0 fully saturated rings. The predicted octanol–water partition coefficient (Wildman–Crippen LogP) is 2.86. The first kappa shape index (κ1) is 18.8. The summed E-state index contributed by atoms with van der Waals surface area (Å²) >= 11 is 0. The quantitative estimate of drug-likeness (QED) is 0.691. The Morgan fingerprint density at radius 1 is 1.13 bits per heavy atom. The first-order valence-electron chi connectivity index (χ1n) is 7.96. The highest BCUT2D eigenvalue weighted by Gasteiger charge is 2.20. The van der Waals surface area contributed by atoms with E-state index in [0.29, 0.717) is 36.7 Å². The molecule has 0 aliphatic rings. The number of carboxylic acids is 1. The maximum Gasteiger partial charge on any atom is 0.326 e. The van der Waals surface area contributed by atoms with Gasteiger partial charge in [-0.25, -0.2) is 4.79 Å². The third-order valence-corrected chi connectivity index (χ3v) is 3.26. The molecule has 23 heavy (non-hydrogen) atoms. The van der Waals surface area contributed by atoms with Crippen LogP contribution in [0.4, 0.5) is 0 Å². The minimum atomic E-state index is -1.03. The van der Waals surface area contributed by atoms with Crippen LogP contribution in [-0.2, 0) is 4.79 Å². The lowest BCUT2D eigenvalue weighted by Gasteiger charge is -2.16. The molecule has 0 saturated heterocycles. The zero-order valence-electron chi connectivity index (χ0n) is 13.9. The first-order chi connectivity index (χ1) is 11.0. The molecule has 0 spiro atoms. The summed E-state index contributed by atoms with van der Waals surface area (Å²) in [5.74, 6) is -0.422. The molecule has 1 aromatic carbocycles. The number of carboxylic acid groups (broad SMARTS) is 1. The Bertz CT molecular complexity index is 530. The molecule has 6 heteroatoms. The normalized spacial score (nSPS) is 11.6. The standard InChI is InChI=1S/C17H25NO5/c1-4-7-8-13(17(20)21)18-16(19)12-9-10-14(22-5-2)15(11-12)23-6-3/h9-11,13H,4-8H2,1-3H3,(H,18,19)(H,20,21). The molecule has 1 atom stereocenters. The molecule has 0 saturated carbocycles. The van der Waals surface area contributed by atoms with Crippen LogP contribution < -0.4 is 14.8 Å². The van der Waals surface area contributed by atoms with Crippen molar-refractivity contribution in [1.82, 2.24) is 5.32 Å². The summed E-state index contributed by atoms with van der Waals surface area (Å²) in [6.45, 7) is 6.61. The Labute approximate surface area is 136 Å². The molecule has 0 aliphatic heterocycles. The van der Waals surface area contributed by atoms with Crippen molar-refractivity contribution in [3.05, 3.63) is 23.8 Å². The van der Waals surface area contributed by atoms with E-state index in [1.807, 2.05) is 20.8 Å². The van der Waals surface area contributed by atoms with Gasteiger partial charge in [-0.05, 0) is 38.5 Å². The Morgan fingerprint density at radius 2 is 1.78 bits per heavy atom. The van der Waals surface area contributed by atoms with E-state index in [4.69, 9.17) is 9.47 Å². The lowest BCUT2D eigenvalue weighted by atomic mass is 10.1. The number of amides is 1. The second-order valence-electron chi connectivity index (χ2n) is 5.03. The van der Waals surface area contributed by atoms with Crippen LogP contribution in [-0.4, -0.2) is 36.2 Å². The maximum atomic E-state index is 12.3. The first-order valence-corrected chi connectivity index (χ1v) is 7.96. The molecular formula is C17H25NO5. The van der Waals surface area contributed by atoms with E-state index in [1.165, 1.54) is 0 Å². The lowest BCUT2D eigenvalue weighted by Crippen LogP contribution is -2.40. The fraction of sp³-hybridized carbons (Fsp3) is 0.529. The highest BCUT2D eigenvalue weighted by molar-refractivity contribution is 5.97. The van der Waals surface area contributed by atoms with Crippen molar-refractivity contribution in [2.45, 2.75) is 46.1 Å². The number of unbranched alkanes of at least 4 members (excludes halogenated alkanes) is 1. The Hall–Kier alpha value is -2.24. The van der Waals surface area contributed by atoms with Crippen LogP contribution >= 0.6 is 0 Å². The van der Waals surface area contributed by atoms with Crippen molar-refractivity contribution >= 4 is 11.9 Å². The predicted molar refractivity (Wildman–Crippen MR) is 87.2 cm³/mol. The van der Waals surface area contributed by atoms with E-state index in [2.05, 4.69) is 5.32 Å². The van der Waals surface area contributed by atoms with Crippen molar-refractivity contribution in [3.8, 4) is 11.5 Å². The van der Waals surface area contributed by atoms with Crippen molar-refractivity contribution in [1.29, 1.82) is 0 Å². The van der Waals surface area contributed by atoms with Crippen molar-refractivity contribution in [2.75, 3.05) is 13.2 Å². The maximum absolute atomic E-state index is 12.3. The number of hydrogen-bond donors (Lipinski definition) is 2. The van der Waals surface area contributed by atoms with Gasteiger partial charge in [-0.2, -0.15) is 0 Å². The van der Waals surface area contributed by atoms with Gasteiger partial charge in [0.1, 0.15) is 6.04 Å². The fourth-order valence-corrected chi connectivity index (χ4v) is 2.10. The summed E-state index contributed by atoms with van der Waals surface area (Å²) < 4.78 is 10.9. The SMILES string of the molecule is CCCCC(NC(=O)c1ccc(OCC)c(OCC)c1)C(=O)O. The summed E-state index contributed by atoms with van der Waals surface area (Å²) in [5.41, 5.74) is 0.347. The molecule has 1 amide bonds. The molecule has 2 N–H and O–H groups in total. The molecule has 0 aliphatic carbocycles. The van der Waals surface area contributed by atoms with E-state index in [9.17, 15) is 14.7 Å². The van der Waals surface area contributed by atoms with Gasteiger partial charge in [0.15, 0.2) is 11.5 Å². The van der Waals surface area contributed by atoms with E-state index in [0.717, 1.165) is 12.8 Å². The van der Waals surface area contributed by atoms with Gasteiger partial charge < -0.3 is 19.9 Å². The van der Waals surface area contributed by atoms with Crippen LogP contribution in [0.5, 0.6) is 11.5 Å². The average molecular weight is 323 g/mol. The summed E-state index contributed by atoms with van der Waals surface area (Å²) in [7, 11) is 0. The molecule has 0 aromatic heterocycles. The number of benzene rings is 1. The number of ether oxygens (including phenoxy) is 2. The number of carbonyl (C=O) groups excluding carboxylic acids is 1. The van der Waals surface area contributed by atoms with Crippen LogP contribution in [0.15, 0.2) is 18.2 Å².